The van der Waals surface area contributed by atoms with Gasteiger partial charge in [-0.3, -0.25) is 0 Å². The van der Waals surface area contributed by atoms with Gasteiger partial charge in [-0.05, 0) is 91.8 Å². The van der Waals surface area contributed by atoms with Crippen LogP contribution in [-0.2, 0) is 4.52 Å². The van der Waals surface area contributed by atoms with Crippen molar-refractivity contribution < 1.29 is 4.52 Å². The van der Waals surface area contributed by atoms with Crippen LogP contribution in [0.25, 0.3) is 0 Å². The molecule has 142 valence electrons. The van der Waals surface area contributed by atoms with E-state index < -0.39 is 0 Å². The molecular weight excluding hydrogens is 323 g/mol. The maximum absolute atomic E-state index is 5.64. The summed E-state index contributed by atoms with van der Waals surface area (Å²) >= 11 is 0. The molecule has 0 radical (unpaired) electrons. The monoisotopic (exact) mass is 362 g/mol. The Kier molecular flexibility index (Phi) is 4.90. The first-order valence-corrected chi connectivity index (χ1v) is 11.5. The van der Waals surface area contributed by atoms with E-state index in [4.69, 9.17) is 4.52 Å². The van der Waals surface area contributed by atoms with Crippen molar-refractivity contribution in [2.75, 3.05) is 0 Å². The van der Waals surface area contributed by atoms with Gasteiger partial charge in [0.25, 0.3) is 0 Å². The number of rotatable bonds is 3. The average Bonchev–Trinajstić information content (AvgIpc) is 2.97. The van der Waals surface area contributed by atoms with Gasteiger partial charge in [0.05, 0.1) is 6.10 Å². The van der Waals surface area contributed by atoms with Gasteiger partial charge < -0.3 is 4.52 Å². The molecule has 0 aromatic heterocycles. The standard InChI is InChI=1S/C23H39OP/c1-5-15(2)19-8-9-20-18-7-6-16-14-17(24-25)10-12-22(16,3)21(18)11-13-23(19,20)4/h6,15,17-21H,5,7-14,25H2,1-4H3/t15-,17+,18?,19?,20?,21?,22+,23-/m1/s1. The summed E-state index contributed by atoms with van der Waals surface area (Å²) < 4.78 is 5.64. The molecule has 0 N–H and O–H groups in total. The Morgan fingerprint density at radius 2 is 1.96 bits per heavy atom. The molecule has 3 fully saturated rings. The summed E-state index contributed by atoms with van der Waals surface area (Å²) in [6, 6.07) is 0. The Labute approximate surface area is 158 Å². The predicted molar refractivity (Wildman–Crippen MR) is 109 cm³/mol. The third kappa shape index (κ3) is 2.70. The van der Waals surface area contributed by atoms with Gasteiger partial charge in [-0.25, -0.2) is 0 Å². The Bertz CT molecular complexity index is 542. The third-order valence-corrected chi connectivity index (χ3v) is 10.0. The fourth-order valence-electron chi connectivity index (χ4n) is 8.00. The van der Waals surface area contributed by atoms with Crippen molar-refractivity contribution in [3.05, 3.63) is 11.6 Å². The summed E-state index contributed by atoms with van der Waals surface area (Å²) in [5.74, 6) is 4.76. The van der Waals surface area contributed by atoms with Crippen LogP contribution in [0, 0.1) is 40.4 Å². The van der Waals surface area contributed by atoms with E-state index in [9.17, 15) is 0 Å². The van der Waals surface area contributed by atoms with Crippen molar-refractivity contribution in [2.24, 2.45) is 40.4 Å². The molecule has 3 saturated carbocycles. The molecule has 0 aromatic rings. The molecule has 1 nitrogen and oxygen atoms in total. The van der Waals surface area contributed by atoms with E-state index in [1.54, 1.807) is 5.57 Å². The molecule has 25 heavy (non-hydrogen) atoms. The Morgan fingerprint density at radius 3 is 2.68 bits per heavy atom. The van der Waals surface area contributed by atoms with Crippen molar-refractivity contribution in [3.8, 4) is 0 Å². The van der Waals surface area contributed by atoms with Crippen molar-refractivity contribution >= 4 is 9.47 Å². The molecule has 0 heterocycles. The molecular formula is C23H39OP. The van der Waals surface area contributed by atoms with Crippen molar-refractivity contribution in [3.63, 3.8) is 0 Å². The SMILES string of the molecule is CC[C@@H](C)C1CCC2C3CC=C4C[C@@H](OP)CC[C@]4(C)C3CC[C@@]21C. The maximum Gasteiger partial charge on any atom is 0.0648 e. The molecule has 2 heteroatoms. The largest absolute Gasteiger partial charge is 0.362 e. The molecule has 4 aliphatic carbocycles. The Balaban J connectivity index is 1.61. The van der Waals surface area contributed by atoms with Crippen LogP contribution in [0.1, 0.15) is 85.5 Å². The number of hydrogen-bond donors (Lipinski definition) is 0. The molecule has 4 aliphatic rings. The first kappa shape index (κ1) is 18.5. The zero-order valence-electron chi connectivity index (χ0n) is 16.9. The normalized spacial score (nSPS) is 50.4. The van der Waals surface area contributed by atoms with Crippen LogP contribution in [0.2, 0.25) is 0 Å². The van der Waals surface area contributed by atoms with Crippen molar-refractivity contribution in [2.45, 2.75) is 91.6 Å². The van der Waals surface area contributed by atoms with Gasteiger partial charge in [0.2, 0.25) is 0 Å². The molecule has 9 atom stereocenters. The fraction of sp³-hybridized carbons (Fsp3) is 0.913. The van der Waals surface area contributed by atoms with Gasteiger partial charge in [0, 0.05) is 9.47 Å². The lowest BCUT2D eigenvalue weighted by Gasteiger charge is -2.58. The first-order chi connectivity index (χ1) is 11.9. The van der Waals surface area contributed by atoms with Crippen molar-refractivity contribution in [1.29, 1.82) is 0 Å². The Hall–Kier alpha value is 0.130. The van der Waals surface area contributed by atoms with Crippen LogP contribution in [0.3, 0.4) is 0 Å². The van der Waals surface area contributed by atoms with Gasteiger partial charge in [0.15, 0.2) is 0 Å². The van der Waals surface area contributed by atoms with E-state index in [2.05, 4.69) is 43.2 Å². The van der Waals surface area contributed by atoms with E-state index in [1.807, 2.05) is 0 Å². The van der Waals surface area contributed by atoms with E-state index >= 15 is 0 Å². The molecule has 0 bridgehead atoms. The van der Waals surface area contributed by atoms with E-state index in [0.29, 0.717) is 16.9 Å². The first-order valence-electron chi connectivity index (χ1n) is 11.0. The van der Waals surface area contributed by atoms with Gasteiger partial charge in [0.1, 0.15) is 0 Å². The van der Waals surface area contributed by atoms with Crippen LogP contribution in [0.5, 0.6) is 0 Å². The summed E-state index contributed by atoms with van der Waals surface area (Å²) in [6.07, 6.45) is 15.6. The highest BCUT2D eigenvalue weighted by Crippen LogP contribution is 2.67. The summed E-state index contributed by atoms with van der Waals surface area (Å²) in [4.78, 5) is 0. The molecule has 5 unspecified atom stereocenters. The van der Waals surface area contributed by atoms with Crippen LogP contribution in [0.4, 0.5) is 0 Å². The summed E-state index contributed by atoms with van der Waals surface area (Å²) in [5, 5.41) is 0. The third-order valence-electron chi connectivity index (χ3n) is 9.66. The van der Waals surface area contributed by atoms with Crippen LogP contribution >= 0.6 is 9.47 Å². The molecule has 0 amide bonds. The quantitative estimate of drug-likeness (QED) is 0.397. The second-order valence-electron chi connectivity index (χ2n) is 10.4. The number of hydrogen-bond acceptors (Lipinski definition) is 1. The minimum Gasteiger partial charge on any atom is -0.362 e. The molecule has 0 spiro atoms. The molecule has 4 rings (SSSR count). The zero-order chi connectivity index (χ0) is 17.8. The zero-order valence-corrected chi connectivity index (χ0v) is 18.0. The minimum absolute atomic E-state index is 0.441. The predicted octanol–water partition coefficient (Wildman–Crippen LogP) is 6.79. The maximum atomic E-state index is 5.64. The molecule has 0 saturated heterocycles. The fourth-order valence-corrected chi connectivity index (χ4v) is 8.24. The van der Waals surface area contributed by atoms with Gasteiger partial charge in [-0.2, -0.15) is 0 Å². The summed E-state index contributed by atoms with van der Waals surface area (Å²) in [6.45, 7) is 10.2. The molecule has 0 aliphatic heterocycles. The lowest BCUT2D eigenvalue weighted by atomic mass is 9.47. The highest BCUT2D eigenvalue weighted by atomic mass is 31.0. The van der Waals surface area contributed by atoms with Crippen LogP contribution in [0.15, 0.2) is 11.6 Å². The summed E-state index contributed by atoms with van der Waals surface area (Å²) in [7, 11) is 2.50. The smallest absolute Gasteiger partial charge is 0.0648 e. The van der Waals surface area contributed by atoms with Crippen LogP contribution < -0.4 is 0 Å². The number of fused-ring (bicyclic) bond motifs is 5. The van der Waals surface area contributed by atoms with Crippen molar-refractivity contribution in [1.82, 2.24) is 0 Å². The summed E-state index contributed by atoms with van der Waals surface area (Å²) in [5.41, 5.74) is 2.84. The van der Waals surface area contributed by atoms with E-state index in [1.165, 1.54) is 57.8 Å². The molecule has 0 aromatic carbocycles. The highest BCUT2D eigenvalue weighted by Gasteiger charge is 2.58. The van der Waals surface area contributed by atoms with Gasteiger partial charge >= 0.3 is 0 Å². The van der Waals surface area contributed by atoms with E-state index in [-0.39, 0.29) is 0 Å². The average molecular weight is 363 g/mol. The van der Waals surface area contributed by atoms with Crippen LogP contribution in [-0.4, -0.2) is 6.10 Å². The topological polar surface area (TPSA) is 9.23 Å². The van der Waals surface area contributed by atoms with Gasteiger partial charge in [-0.1, -0.05) is 45.8 Å². The second kappa shape index (κ2) is 6.63. The minimum atomic E-state index is 0.441. The Morgan fingerprint density at radius 1 is 1.16 bits per heavy atom. The lowest BCUT2D eigenvalue weighted by Crippen LogP contribution is -2.50. The lowest BCUT2D eigenvalue weighted by molar-refractivity contribution is -0.0548. The van der Waals surface area contributed by atoms with E-state index in [0.717, 1.165) is 29.6 Å². The van der Waals surface area contributed by atoms with Gasteiger partial charge in [-0.15, -0.1) is 0 Å². The highest BCUT2D eigenvalue weighted by molar-refractivity contribution is 7.09. The second-order valence-corrected chi connectivity index (χ2v) is 10.6. The number of allylic oxidation sites excluding steroid dienone is 1.